The molecule has 4 atom stereocenters. The molecule has 0 aromatic heterocycles. The molecule has 17 heteroatoms. The molecule has 0 fully saturated rings. The van der Waals surface area contributed by atoms with Crippen LogP contribution in [0.2, 0.25) is 0 Å². The van der Waals surface area contributed by atoms with Gasteiger partial charge in [-0.25, -0.2) is 10.3 Å². The Morgan fingerprint density at radius 2 is 1.04 bits per heavy atom. The van der Waals surface area contributed by atoms with Crippen LogP contribution in [0.25, 0.3) is 0 Å². The second kappa shape index (κ2) is 25.1. The van der Waals surface area contributed by atoms with Crippen molar-refractivity contribution in [1.82, 2.24) is 16.1 Å². The van der Waals surface area contributed by atoms with E-state index in [9.17, 15) is 19.2 Å². The van der Waals surface area contributed by atoms with Gasteiger partial charge in [-0.05, 0) is 99.9 Å². The average Bonchev–Trinajstić information content (AvgIpc) is 3.11. The average molecular weight is 786 g/mol. The fourth-order valence-electron chi connectivity index (χ4n) is 3.70. The number of hydroxylamine groups is 1. The topological polar surface area (TPSA) is 267 Å². The van der Waals surface area contributed by atoms with Gasteiger partial charge in [0.05, 0.1) is 20.3 Å². The molecule has 0 heterocycles. The number of aliphatic hydroxyl groups is 4. The van der Waals surface area contributed by atoms with Crippen molar-refractivity contribution in [3.8, 4) is 47.4 Å². The summed E-state index contributed by atoms with van der Waals surface area (Å²) in [5.41, 5.74) is 13.0. The van der Waals surface area contributed by atoms with Gasteiger partial charge in [0.25, 0.3) is 17.7 Å². The number of nitrogens with one attached hydrogen (secondary N) is 3. The quantitative estimate of drug-likeness (QED) is 0.0563. The first-order valence-electron chi connectivity index (χ1n) is 15.4. The molecule has 0 spiro atoms. The van der Waals surface area contributed by atoms with Crippen LogP contribution in [0.4, 0.5) is 0 Å². The van der Waals surface area contributed by atoms with Crippen LogP contribution in [0.1, 0.15) is 59.5 Å². The highest BCUT2D eigenvalue weighted by Gasteiger charge is 2.35. The number of hydrogen-bond donors (Lipinski definition) is 10. The van der Waals surface area contributed by atoms with E-state index in [0.717, 1.165) is 0 Å². The predicted molar refractivity (Wildman–Crippen MR) is 210 cm³/mol. The first-order chi connectivity index (χ1) is 24.4. The summed E-state index contributed by atoms with van der Waals surface area (Å²) in [5, 5.41) is 49.2. The van der Waals surface area contributed by atoms with Crippen LogP contribution in [-0.4, -0.2) is 105 Å². The second-order valence-corrected chi connectivity index (χ2v) is 12.0. The van der Waals surface area contributed by atoms with Gasteiger partial charge in [-0.2, -0.15) is 27.0 Å². The van der Waals surface area contributed by atoms with Crippen molar-refractivity contribution in [3.63, 3.8) is 0 Å². The Morgan fingerprint density at radius 1 is 0.685 bits per heavy atom. The molecule has 0 unspecified atom stereocenters. The molecule has 292 valence electrons. The van der Waals surface area contributed by atoms with Gasteiger partial charge in [-0.15, -0.1) is 0 Å². The van der Waals surface area contributed by atoms with Gasteiger partial charge in [0.2, 0.25) is 0 Å². The van der Waals surface area contributed by atoms with E-state index in [1.807, 2.05) is 0 Å². The van der Waals surface area contributed by atoms with Crippen molar-refractivity contribution >= 4 is 50.7 Å². The number of ether oxygens (including phenoxy) is 1. The predicted octanol–water partition coefficient (Wildman–Crippen LogP) is -1.64. The van der Waals surface area contributed by atoms with Crippen molar-refractivity contribution in [2.45, 2.75) is 63.1 Å². The van der Waals surface area contributed by atoms with E-state index in [1.165, 1.54) is 24.7 Å². The summed E-state index contributed by atoms with van der Waals surface area (Å²) < 4.78 is 4.68. The number of aliphatic hydroxyl groups excluding tert-OH is 4. The molecule has 0 saturated carbocycles. The smallest absolute Gasteiger partial charge is 0.330 e. The molecule has 0 aliphatic rings. The van der Waals surface area contributed by atoms with Crippen LogP contribution < -0.4 is 27.6 Å². The zero-order chi connectivity index (χ0) is 39.5. The number of nitrogens with two attached hydrogens (primary N) is 2. The van der Waals surface area contributed by atoms with Crippen LogP contribution in [0, 0.1) is 47.4 Å². The van der Waals surface area contributed by atoms with E-state index in [0.29, 0.717) is 16.7 Å². The number of carbonyl (C=O) groups is 4. The number of methoxy groups -OCH3 is 1. The number of rotatable bonds is 10. The number of benzene rings is 2. The molecule has 0 aliphatic heterocycles. The SMILES string of the molecule is CC(C)(N)[C@H](NC(=O)c1ccc(C#CC#C[C@H](O)CO)cc1)C(=O)NO.COC(=O)[C@@H](NC(=O)c1ccc(C#CC#C[C@H](O)CO)cc1)C(C)(C)N.S.S. The lowest BCUT2D eigenvalue weighted by molar-refractivity contribution is -0.144. The highest BCUT2D eigenvalue weighted by molar-refractivity contribution is 7.59. The zero-order valence-electron chi connectivity index (χ0n) is 30.3. The van der Waals surface area contributed by atoms with Crippen LogP contribution >= 0.6 is 27.0 Å². The lowest BCUT2D eigenvalue weighted by Gasteiger charge is -2.29. The minimum absolute atomic E-state index is 0. The highest BCUT2D eigenvalue weighted by Crippen LogP contribution is 2.11. The molecule has 54 heavy (non-hydrogen) atoms. The van der Waals surface area contributed by atoms with Crippen molar-refractivity contribution in [1.29, 1.82) is 0 Å². The van der Waals surface area contributed by atoms with Crippen molar-refractivity contribution in [3.05, 3.63) is 70.8 Å². The maximum absolute atomic E-state index is 12.3. The van der Waals surface area contributed by atoms with Gasteiger partial charge in [-0.3, -0.25) is 19.6 Å². The molecule has 3 amide bonds. The first-order valence-corrected chi connectivity index (χ1v) is 15.4. The summed E-state index contributed by atoms with van der Waals surface area (Å²) >= 11 is 0. The molecule has 0 bridgehead atoms. The minimum atomic E-state index is -1.13. The minimum Gasteiger partial charge on any atom is -0.467 e. The Labute approximate surface area is 328 Å². The molecule has 2 rings (SSSR count). The summed E-state index contributed by atoms with van der Waals surface area (Å²) in [5.74, 6) is 17.5. The van der Waals surface area contributed by atoms with Crippen molar-refractivity contribution in [2.24, 2.45) is 11.5 Å². The molecule has 0 saturated heterocycles. The third kappa shape index (κ3) is 18.6. The molecular weight excluding hydrogens is 739 g/mol. The molecule has 12 N–H and O–H groups in total. The van der Waals surface area contributed by atoms with Crippen LogP contribution in [0.5, 0.6) is 0 Å². The molecular formula is C37H47N5O10S2. The van der Waals surface area contributed by atoms with E-state index in [-0.39, 0.29) is 32.6 Å². The Bertz CT molecular complexity index is 1660. The van der Waals surface area contributed by atoms with Crippen molar-refractivity contribution in [2.75, 3.05) is 20.3 Å². The summed E-state index contributed by atoms with van der Waals surface area (Å²) in [6.45, 7) is 5.39. The van der Waals surface area contributed by atoms with Gasteiger partial charge < -0.3 is 47.3 Å². The molecule has 2 aromatic rings. The summed E-state index contributed by atoms with van der Waals surface area (Å²) in [7, 11) is 1.23. The Kier molecular flexibility index (Phi) is 23.7. The third-order valence-electron chi connectivity index (χ3n) is 6.50. The number of carbonyl (C=O) groups excluding carboxylic acids is 4. The standard InChI is InChI=1S/C19H22N2O5.C18H21N3O5.2H2S/c1-19(2,20)16(18(25)26-3)21-17(24)14-10-8-13(9-11-14)6-4-5-7-15(23)12-22;1-18(2,19)15(17(25)21-26)20-16(24)13-9-7-12(8-10-13)5-3-4-6-14(23)11-22;;/h8-11,15-16,22-23H,12,20H2,1-3H3,(H,21,24);7-10,14-15,22-23,26H,11,19H2,1-2H3,(H,20,24)(H,21,25);2*1H2/t15-,16+;14-,15+;;/m00../s1. The van der Waals surface area contributed by atoms with E-state index in [1.54, 1.807) is 64.1 Å². The molecule has 0 aliphatic carbocycles. The fraction of sp³-hybridized carbons (Fsp3) is 0.351. The summed E-state index contributed by atoms with van der Waals surface area (Å²) in [6.07, 6.45) is -2.25. The Hall–Kier alpha value is -5.02. The maximum atomic E-state index is 12.3. The number of hydrogen-bond acceptors (Lipinski definition) is 12. The number of amides is 3. The Balaban J connectivity index is 0. The monoisotopic (exact) mass is 785 g/mol. The second-order valence-electron chi connectivity index (χ2n) is 12.0. The van der Waals surface area contributed by atoms with Crippen LogP contribution in [-0.2, 0) is 14.3 Å². The van der Waals surface area contributed by atoms with E-state index in [2.05, 4.69) is 62.7 Å². The maximum Gasteiger partial charge on any atom is 0.330 e. The van der Waals surface area contributed by atoms with Crippen LogP contribution in [0.3, 0.4) is 0 Å². The van der Waals surface area contributed by atoms with Crippen molar-refractivity contribution < 1.29 is 49.5 Å². The zero-order valence-corrected chi connectivity index (χ0v) is 32.3. The van der Waals surface area contributed by atoms with Gasteiger partial charge in [0, 0.05) is 33.3 Å². The van der Waals surface area contributed by atoms with E-state index in [4.69, 9.17) is 37.1 Å². The normalized spacial score (nSPS) is 12.1. The first kappa shape index (κ1) is 51.1. The molecule has 0 radical (unpaired) electrons. The van der Waals surface area contributed by atoms with Crippen LogP contribution in [0.15, 0.2) is 48.5 Å². The van der Waals surface area contributed by atoms with E-state index < -0.39 is 72.3 Å². The van der Waals surface area contributed by atoms with Gasteiger partial charge >= 0.3 is 5.97 Å². The van der Waals surface area contributed by atoms with Gasteiger partial charge in [0.15, 0.2) is 0 Å². The van der Waals surface area contributed by atoms with Gasteiger partial charge in [0.1, 0.15) is 24.3 Å². The fourth-order valence-corrected chi connectivity index (χ4v) is 3.70. The van der Waals surface area contributed by atoms with Gasteiger partial charge in [-0.1, -0.05) is 23.7 Å². The number of esters is 1. The summed E-state index contributed by atoms with van der Waals surface area (Å²) in [4.78, 5) is 48.1. The van der Waals surface area contributed by atoms with E-state index >= 15 is 0 Å². The lowest BCUT2D eigenvalue weighted by Crippen LogP contribution is -2.61. The molecule has 2 aromatic carbocycles. The highest BCUT2D eigenvalue weighted by atomic mass is 32.1. The largest absolute Gasteiger partial charge is 0.467 e. The lowest BCUT2D eigenvalue weighted by atomic mass is 9.95. The summed E-state index contributed by atoms with van der Waals surface area (Å²) in [6, 6.07) is 10.4. The molecule has 15 nitrogen and oxygen atoms in total. The third-order valence-corrected chi connectivity index (χ3v) is 6.50. The Morgan fingerprint density at radius 3 is 1.33 bits per heavy atom.